The Bertz CT molecular complexity index is 733. The zero-order valence-electron chi connectivity index (χ0n) is 14.6. The van der Waals surface area contributed by atoms with Gasteiger partial charge in [-0.05, 0) is 48.6 Å². The van der Waals surface area contributed by atoms with Crippen LogP contribution in [-0.2, 0) is 18.3 Å². The van der Waals surface area contributed by atoms with Crippen molar-refractivity contribution < 1.29 is 9.47 Å². The molecular formula is C19H24N2O2. The molecule has 4 heteroatoms. The molecule has 1 aromatic heterocycles. The molecule has 23 heavy (non-hydrogen) atoms. The fourth-order valence-electron chi connectivity index (χ4n) is 3.03. The van der Waals surface area contributed by atoms with Gasteiger partial charge in [0.2, 0.25) is 0 Å². The summed E-state index contributed by atoms with van der Waals surface area (Å²) in [4.78, 5) is 0. The molecule has 1 heterocycles. The highest BCUT2D eigenvalue weighted by molar-refractivity contribution is 5.71. The fraction of sp³-hybridized carbons (Fsp3) is 0.474. The lowest BCUT2D eigenvalue weighted by Crippen LogP contribution is -2.15. The number of hydrogen-bond acceptors (Lipinski definition) is 4. The first-order chi connectivity index (χ1) is 10.9. The van der Waals surface area contributed by atoms with Crippen molar-refractivity contribution in [3.8, 4) is 22.8 Å². The quantitative estimate of drug-likeness (QED) is 0.842. The second-order valence-electron chi connectivity index (χ2n) is 7.07. The van der Waals surface area contributed by atoms with E-state index in [4.69, 9.17) is 9.47 Å². The Morgan fingerprint density at radius 1 is 0.870 bits per heavy atom. The minimum atomic E-state index is 0.00869. The maximum absolute atomic E-state index is 5.46. The molecule has 0 saturated carbocycles. The van der Waals surface area contributed by atoms with Gasteiger partial charge in [0.1, 0.15) is 0 Å². The van der Waals surface area contributed by atoms with E-state index in [0.717, 1.165) is 47.7 Å². The van der Waals surface area contributed by atoms with Crippen molar-refractivity contribution in [2.24, 2.45) is 0 Å². The number of aromatic nitrogens is 2. The molecule has 0 atom stereocenters. The molecule has 0 unspecified atom stereocenters. The van der Waals surface area contributed by atoms with Crippen LogP contribution in [0.15, 0.2) is 18.2 Å². The number of benzene rings is 1. The van der Waals surface area contributed by atoms with E-state index >= 15 is 0 Å². The number of rotatable bonds is 2. The van der Waals surface area contributed by atoms with Crippen LogP contribution in [0.25, 0.3) is 11.3 Å². The number of ether oxygens (including phenoxy) is 2. The number of hydrogen-bond donors (Lipinski definition) is 0. The molecule has 0 N–H and O–H groups in total. The molecule has 3 rings (SSSR count). The van der Waals surface area contributed by atoms with Crippen LogP contribution in [0.4, 0.5) is 0 Å². The highest BCUT2D eigenvalue weighted by Crippen LogP contribution is 2.39. The summed E-state index contributed by atoms with van der Waals surface area (Å²) in [5.41, 5.74) is 5.67. The van der Waals surface area contributed by atoms with Gasteiger partial charge in [0, 0.05) is 11.0 Å². The van der Waals surface area contributed by atoms with Crippen LogP contribution in [-0.4, -0.2) is 24.4 Å². The second-order valence-corrected chi connectivity index (χ2v) is 7.07. The van der Waals surface area contributed by atoms with E-state index < -0.39 is 0 Å². The predicted octanol–water partition coefficient (Wildman–Crippen LogP) is 3.95. The van der Waals surface area contributed by atoms with Crippen molar-refractivity contribution in [3.05, 3.63) is 35.0 Å². The van der Waals surface area contributed by atoms with Crippen LogP contribution < -0.4 is 9.47 Å². The topological polar surface area (TPSA) is 44.2 Å². The largest absolute Gasteiger partial charge is 0.493 e. The number of aryl methyl sites for hydroxylation is 2. The van der Waals surface area contributed by atoms with Crippen molar-refractivity contribution in [3.63, 3.8) is 0 Å². The lowest BCUT2D eigenvalue weighted by Gasteiger charge is -2.19. The third-order valence-corrected chi connectivity index (χ3v) is 4.40. The van der Waals surface area contributed by atoms with Crippen LogP contribution in [0.5, 0.6) is 11.5 Å². The first-order valence-electron chi connectivity index (χ1n) is 8.06. The third-order valence-electron chi connectivity index (χ3n) is 4.40. The highest BCUT2D eigenvalue weighted by atomic mass is 16.5. The Kier molecular flexibility index (Phi) is 4.00. The second kappa shape index (κ2) is 5.84. The SMILES string of the molecule is COc1cc2c(cc1OC)-c1nnc(C(C)(C)C)cc1CCC2. The third kappa shape index (κ3) is 2.90. The number of nitrogens with zero attached hydrogens (tertiary/aromatic N) is 2. The van der Waals surface area contributed by atoms with Crippen LogP contribution in [0.3, 0.4) is 0 Å². The summed E-state index contributed by atoms with van der Waals surface area (Å²) in [5.74, 6) is 1.51. The van der Waals surface area contributed by atoms with Gasteiger partial charge in [-0.25, -0.2) is 0 Å². The summed E-state index contributed by atoms with van der Waals surface area (Å²) in [6.45, 7) is 6.51. The van der Waals surface area contributed by atoms with Crippen molar-refractivity contribution in [2.45, 2.75) is 45.4 Å². The molecule has 0 radical (unpaired) electrons. The molecular weight excluding hydrogens is 288 g/mol. The Morgan fingerprint density at radius 2 is 1.52 bits per heavy atom. The highest BCUT2D eigenvalue weighted by Gasteiger charge is 2.23. The number of fused-ring (bicyclic) bond motifs is 3. The molecule has 0 aliphatic heterocycles. The maximum Gasteiger partial charge on any atom is 0.161 e. The standard InChI is InChI=1S/C19H24N2O2/c1-19(2,3)17-10-13-8-6-7-12-9-15(22-4)16(23-5)11-14(12)18(13)21-20-17/h9-11H,6-8H2,1-5H3. The molecule has 1 aromatic carbocycles. The van der Waals surface area contributed by atoms with E-state index in [0.29, 0.717) is 0 Å². The summed E-state index contributed by atoms with van der Waals surface area (Å²) in [5, 5.41) is 9.05. The van der Waals surface area contributed by atoms with Gasteiger partial charge < -0.3 is 9.47 Å². The molecule has 0 saturated heterocycles. The summed E-state index contributed by atoms with van der Waals surface area (Å²) in [6.07, 6.45) is 3.13. The zero-order valence-corrected chi connectivity index (χ0v) is 14.6. The zero-order chi connectivity index (χ0) is 16.6. The van der Waals surface area contributed by atoms with Gasteiger partial charge in [0.05, 0.1) is 25.6 Å². The van der Waals surface area contributed by atoms with Gasteiger partial charge in [0.15, 0.2) is 11.5 Å². The molecule has 4 nitrogen and oxygen atoms in total. The average Bonchev–Trinajstić information content (AvgIpc) is 2.70. The van der Waals surface area contributed by atoms with Gasteiger partial charge >= 0.3 is 0 Å². The first-order valence-corrected chi connectivity index (χ1v) is 8.06. The Morgan fingerprint density at radius 3 is 2.17 bits per heavy atom. The summed E-state index contributed by atoms with van der Waals surface area (Å²) in [6, 6.07) is 6.32. The maximum atomic E-state index is 5.46. The Balaban J connectivity index is 2.17. The molecule has 2 aromatic rings. The van der Waals surface area contributed by atoms with Gasteiger partial charge in [-0.15, -0.1) is 5.10 Å². The Hall–Kier alpha value is -2.10. The van der Waals surface area contributed by atoms with E-state index in [1.165, 1.54) is 11.1 Å². The minimum absolute atomic E-state index is 0.00869. The van der Waals surface area contributed by atoms with Crippen molar-refractivity contribution in [2.75, 3.05) is 14.2 Å². The fourth-order valence-corrected chi connectivity index (χ4v) is 3.03. The lowest BCUT2D eigenvalue weighted by molar-refractivity contribution is 0.354. The van der Waals surface area contributed by atoms with Crippen molar-refractivity contribution in [1.29, 1.82) is 0 Å². The summed E-state index contributed by atoms with van der Waals surface area (Å²) >= 11 is 0. The molecule has 1 aliphatic carbocycles. The smallest absolute Gasteiger partial charge is 0.161 e. The monoisotopic (exact) mass is 312 g/mol. The minimum Gasteiger partial charge on any atom is -0.493 e. The predicted molar refractivity (Wildman–Crippen MR) is 91.3 cm³/mol. The van der Waals surface area contributed by atoms with Crippen LogP contribution in [0, 0.1) is 0 Å². The molecule has 0 amide bonds. The van der Waals surface area contributed by atoms with Gasteiger partial charge in [0.25, 0.3) is 0 Å². The number of methoxy groups -OCH3 is 2. The lowest BCUT2D eigenvalue weighted by atomic mass is 9.90. The molecule has 0 fully saturated rings. The van der Waals surface area contributed by atoms with E-state index in [1.54, 1.807) is 14.2 Å². The van der Waals surface area contributed by atoms with Crippen molar-refractivity contribution in [1.82, 2.24) is 10.2 Å². The van der Waals surface area contributed by atoms with E-state index in [-0.39, 0.29) is 5.41 Å². The molecule has 1 aliphatic rings. The van der Waals surface area contributed by atoms with Crippen molar-refractivity contribution >= 4 is 0 Å². The molecule has 122 valence electrons. The van der Waals surface area contributed by atoms with Crippen LogP contribution in [0.1, 0.15) is 44.0 Å². The van der Waals surface area contributed by atoms with Crippen LogP contribution >= 0.6 is 0 Å². The average molecular weight is 312 g/mol. The molecule has 0 spiro atoms. The van der Waals surface area contributed by atoms with Gasteiger partial charge in [-0.3, -0.25) is 0 Å². The summed E-state index contributed by atoms with van der Waals surface area (Å²) < 4.78 is 10.9. The van der Waals surface area contributed by atoms with Gasteiger partial charge in [-0.2, -0.15) is 5.10 Å². The van der Waals surface area contributed by atoms with Gasteiger partial charge in [-0.1, -0.05) is 20.8 Å². The van der Waals surface area contributed by atoms with E-state index in [9.17, 15) is 0 Å². The Labute approximate surface area is 137 Å². The van der Waals surface area contributed by atoms with E-state index in [2.05, 4.69) is 43.1 Å². The van der Waals surface area contributed by atoms with E-state index in [1.807, 2.05) is 6.07 Å². The molecule has 0 bridgehead atoms. The first kappa shape index (κ1) is 15.8. The van der Waals surface area contributed by atoms with Crippen LogP contribution in [0.2, 0.25) is 0 Å². The normalized spacial score (nSPS) is 13.8. The summed E-state index contributed by atoms with van der Waals surface area (Å²) in [7, 11) is 3.33.